The van der Waals surface area contributed by atoms with Crippen LogP contribution in [0, 0.1) is 12.3 Å². The van der Waals surface area contributed by atoms with E-state index >= 15 is 0 Å². The minimum atomic E-state index is -0.355. The van der Waals surface area contributed by atoms with Gasteiger partial charge in [0.2, 0.25) is 11.8 Å². The van der Waals surface area contributed by atoms with Gasteiger partial charge in [-0.2, -0.15) is 0 Å². The summed E-state index contributed by atoms with van der Waals surface area (Å²) in [6.07, 6.45) is 6.50. The summed E-state index contributed by atoms with van der Waals surface area (Å²) in [5.41, 5.74) is 3.34. The number of rotatable bonds is 3. The number of aryl methyl sites for hydroxylation is 1. The number of hydrogen-bond donors (Lipinski definition) is 1. The van der Waals surface area contributed by atoms with E-state index in [0.29, 0.717) is 24.8 Å². The zero-order chi connectivity index (χ0) is 22.2. The van der Waals surface area contributed by atoms with Crippen LogP contribution < -0.4 is 5.32 Å². The predicted octanol–water partition coefficient (Wildman–Crippen LogP) is 4.72. The first-order chi connectivity index (χ1) is 15.5. The zero-order valence-electron chi connectivity index (χ0n) is 19.1. The molecule has 2 aliphatic heterocycles. The first-order valence-electron chi connectivity index (χ1n) is 12.2. The molecule has 5 rings (SSSR count). The molecule has 2 heterocycles. The summed E-state index contributed by atoms with van der Waals surface area (Å²) >= 11 is 0. The third-order valence-electron chi connectivity index (χ3n) is 8.47. The van der Waals surface area contributed by atoms with Crippen molar-refractivity contribution in [2.24, 2.45) is 5.41 Å². The van der Waals surface area contributed by atoms with Gasteiger partial charge in [0.15, 0.2) is 0 Å². The van der Waals surface area contributed by atoms with Crippen LogP contribution in [0.1, 0.15) is 67.6 Å². The summed E-state index contributed by atoms with van der Waals surface area (Å²) in [5, 5.41) is 3.10. The van der Waals surface area contributed by atoms with E-state index in [9.17, 15) is 9.59 Å². The van der Waals surface area contributed by atoms with Gasteiger partial charge < -0.3 is 10.2 Å². The average Bonchev–Trinajstić information content (AvgIpc) is 3.32. The summed E-state index contributed by atoms with van der Waals surface area (Å²) in [5.74, 6) is 0.778. The Labute approximate surface area is 191 Å². The van der Waals surface area contributed by atoms with Crippen LogP contribution in [0.4, 0.5) is 0 Å². The van der Waals surface area contributed by atoms with Crippen molar-refractivity contribution in [1.82, 2.24) is 10.2 Å². The van der Waals surface area contributed by atoms with Crippen molar-refractivity contribution >= 4 is 11.8 Å². The van der Waals surface area contributed by atoms with E-state index in [1.54, 1.807) is 0 Å². The quantitative estimate of drug-likeness (QED) is 0.766. The molecule has 4 heteroatoms. The van der Waals surface area contributed by atoms with E-state index in [-0.39, 0.29) is 16.7 Å². The van der Waals surface area contributed by atoms with Gasteiger partial charge in [0.05, 0.1) is 5.41 Å². The van der Waals surface area contributed by atoms with Crippen molar-refractivity contribution in [2.45, 2.75) is 63.2 Å². The van der Waals surface area contributed by atoms with Crippen molar-refractivity contribution in [3.05, 3.63) is 71.3 Å². The molecule has 0 bridgehead atoms. The second kappa shape index (κ2) is 8.38. The predicted molar refractivity (Wildman–Crippen MR) is 126 cm³/mol. The number of hydrogen-bond acceptors (Lipinski definition) is 2. The number of piperidine rings is 2. The van der Waals surface area contributed by atoms with E-state index in [4.69, 9.17) is 0 Å². The van der Waals surface area contributed by atoms with Crippen molar-refractivity contribution in [3.63, 3.8) is 0 Å². The third-order valence-corrected chi connectivity index (χ3v) is 8.47. The van der Waals surface area contributed by atoms with Gasteiger partial charge in [0, 0.05) is 32.0 Å². The maximum Gasteiger partial charge on any atom is 0.233 e. The van der Waals surface area contributed by atoms with Gasteiger partial charge in [-0.3, -0.25) is 9.59 Å². The molecule has 32 heavy (non-hydrogen) atoms. The molecule has 168 valence electrons. The molecule has 2 aromatic rings. The second-order valence-electron chi connectivity index (χ2n) is 10.3. The van der Waals surface area contributed by atoms with E-state index in [0.717, 1.165) is 51.6 Å². The maximum absolute atomic E-state index is 13.9. The first-order valence-corrected chi connectivity index (χ1v) is 12.2. The topological polar surface area (TPSA) is 49.4 Å². The fourth-order valence-corrected chi connectivity index (χ4v) is 6.55. The zero-order valence-corrected chi connectivity index (χ0v) is 19.1. The van der Waals surface area contributed by atoms with Gasteiger partial charge >= 0.3 is 0 Å². The largest absolute Gasteiger partial charge is 0.355 e. The van der Waals surface area contributed by atoms with Crippen LogP contribution >= 0.6 is 0 Å². The highest BCUT2D eigenvalue weighted by Gasteiger charge is 2.50. The molecule has 2 saturated heterocycles. The Morgan fingerprint density at radius 2 is 1.59 bits per heavy atom. The van der Waals surface area contributed by atoms with Crippen LogP contribution in [-0.4, -0.2) is 36.3 Å². The molecule has 1 N–H and O–H groups in total. The highest BCUT2D eigenvalue weighted by Crippen LogP contribution is 2.50. The van der Waals surface area contributed by atoms with Crippen LogP contribution in [-0.2, 0) is 15.0 Å². The average molecular weight is 431 g/mol. The summed E-state index contributed by atoms with van der Waals surface area (Å²) in [4.78, 5) is 28.4. The van der Waals surface area contributed by atoms with E-state index in [1.165, 1.54) is 16.7 Å². The molecule has 1 atom stereocenters. The normalized spacial score (nSPS) is 24.3. The lowest BCUT2D eigenvalue weighted by molar-refractivity contribution is -0.141. The van der Waals surface area contributed by atoms with Gasteiger partial charge in [-0.05, 0) is 49.1 Å². The second-order valence-corrected chi connectivity index (χ2v) is 10.3. The molecular weight excluding hydrogens is 396 g/mol. The molecule has 3 fully saturated rings. The van der Waals surface area contributed by atoms with Crippen molar-refractivity contribution < 1.29 is 9.59 Å². The summed E-state index contributed by atoms with van der Waals surface area (Å²) in [7, 11) is 0. The molecular formula is C28H34N2O2. The Bertz CT molecular complexity index is 968. The highest BCUT2D eigenvalue weighted by atomic mass is 16.2. The maximum atomic E-state index is 13.9. The van der Waals surface area contributed by atoms with Gasteiger partial charge in [-0.15, -0.1) is 0 Å². The van der Waals surface area contributed by atoms with Crippen molar-refractivity contribution in [3.8, 4) is 0 Å². The molecule has 1 spiro atoms. The smallest absolute Gasteiger partial charge is 0.233 e. The SMILES string of the molecule is Cc1ccc([C@@H]2CNC(=O)CC23CCN(C(=O)C2(c4ccccc4)CCCC2)CC3)cc1. The fraction of sp³-hybridized carbons (Fsp3) is 0.500. The number of amides is 2. The van der Waals surface area contributed by atoms with Crippen LogP contribution in [0.25, 0.3) is 0 Å². The molecule has 2 aromatic carbocycles. The van der Waals surface area contributed by atoms with Gasteiger partial charge in [-0.25, -0.2) is 0 Å². The Morgan fingerprint density at radius 1 is 0.938 bits per heavy atom. The fourth-order valence-electron chi connectivity index (χ4n) is 6.55. The number of benzene rings is 2. The van der Waals surface area contributed by atoms with Gasteiger partial charge in [0.25, 0.3) is 0 Å². The number of nitrogens with one attached hydrogen (secondary N) is 1. The molecule has 0 unspecified atom stereocenters. The minimum absolute atomic E-state index is 0.0516. The molecule has 4 nitrogen and oxygen atoms in total. The molecule has 3 aliphatic rings. The van der Waals surface area contributed by atoms with Crippen LogP contribution in [0.2, 0.25) is 0 Å². The first kappa shape index (κ1) is 21.2. The monoisotopic (exact) mass is 430 g/mol. The van der Waals surface area contributed by atoms with E-state index in [1.807, 2.05) is 6.07 Å². The third kappa shape index (κ3) is 3.64. The van der Waals surface area contributed by atoms with Crippen molar-refractivity contribution in [1.29, 1.82) is 0 Å². The summed E-state index contributed by atoms with van der Waals surface area (Å²) in [6, 6.07) is 19.2. The lowest BCUT2D eigenvalue weighted by Gasteiger charge is -2.50. The van der Waals surface area contributed by atoms with Crippen LogP contribution in [0.15, 0.2) is 54.6 Å². The van der Waals surface area contributed by atoms with Gasteiger partial charge in [-0.1, -0.05) is 73.0 Å². The van der Waals surface area contributed by atoms with Gasteiger partial charge in [0.1, 0.15) is 0 Å². The van der Waals surface area contributed by atoms with Crippen molar-refractivity contribution in [2.75, 3.05) is 19.6 Å². The molecule has 2 amide bonds. The highest BCUT2D eigenvalue weighted by molar-refractivity contribution is 5.89. The molecule has 0 radical (unpaired) electrons. The molecule has 1 saturated carbocycles. The Hall–Kier alpha value is -2.62. The number of carbonyl (C=O) groups is 2. The number of likely N-dealkylation sites (tertiary alicyclic amines) is 1. The number of carbonyl (C=O) groups excluding carboxylic acids is 2. The summed E-state index contributed by atoms with van der Waals surface area (Å²) in [6.45, 7) is 4.31. The van der Waals surface area contributed by atoms with E-state index in [2.05, 4.69) is 65.7 Å². The van der Waals surface area contributed by atoms with E-state index < -0.39 is 0 Å². The lowest BCUT2D eigenvalue weighted by Crippen LogP contribution is -2.55. The number of nitrogens with zero attached hydrogens (tertiary/aromatic N) is 1. The van der Waals surface area contributed by atoms with Crippen LogP contribution in [0.3, 0.4) is 0 Å². The minimum Gasteiger partial charge on any atom is -0.355 e. The Morgan fingerprint density at radius 3 is 2.25 bits per heavy atom. The Balaban J connectivity index is 1.37. The Kier molecular flexibility index (Phi) is 5.56. The van der Waals surface area contributed by atoms with Crippen LogP contribution in [0.5, 0.6) is 0 Å². The standard InChI is InChI=1S/C28H34N2O2/c1-21-9-11-22(12-10-21)24-20-29-25(31)19-27(24)15-17-30(18-16-27)26(32)28(13-5-6-14-28)23-7-3-2-4-8-23/h2-4,7-12,24H,5-6,13-20H2,1H3,(H,29,31)/t24-/m0/s1. The molecule has 0 aromatic heterocycles. The molecule has 1 aliphatic carbocycles. The lowest BCUT2D eigenvalue weighted by atomic mass is 9.62. The summed E-state index contributed by atoms with van der Waals surface area (Å²) < 4.78 is 0.